The molecule has 2 aromatic heterocycles. The first-order valence-corrected chi connectivity index (χ1v) is 11.7. The van der Waals surface area contributed by atoms with Crippen molar-refractivity contribution in [2.45, 2.75) is 39.5 Å². The number of fused-ring (bicyclic) bond motifs is 1. The number of aromatic nitrogens is 2. The molecule has 10 heteroatoms. The smallest absolute Gasteiger partial charge is 0.303 e. The normalized spacial score (nSPS) is 15.3. The van der Waals surface area contributed by atoms with Crippen molar-refractivity contribution in [2.24, 2.45) is 5.92 Å². The summed E-state index contributed by atoms with van der Waals surface area (Å²) in [5, 5.41) is 12.0. The number of carboxylic acid groups (broad SMARTS) is 1. The van der Waals surface area contributed by atoms with E-state index >= 15 is 0 Å². The maximum atomic E-state index is 13.2. The first-order chi connectivity index (χ1) is 15.3. The van der Waals surface area contributed by atoms with Gasteiger partial charge in [-0.1, -0.05) is 50.3 Å². The highest BCUT2D eigenvalue weighted by molar-refractivity contribution is 8.26. The number of rotatable bonds is 10. The van der Waals surface area contributed by atoms with Gasteiger partial charge in [0, 0.05) is 25.7 Å². The number of nitrogens with zero attached hydrogens (tertiary/aromatic N) is 3. The van der Waals surface area contributed by atoms with Crippen LogP contribution in [0.1, 0.15) is 45.1 Å². The molecule has 1 fully saturated rings. The van der Waals surface area contributed by atoms with Gasteiger partial charge in [-0.15, -0.1) is 0 Å². The van der Waals surface area contributed by atoms with E-state index in [4.69, 9.17) is 17.3 Å². The molecule has 1 aliphatic rings. The Morgan fingerprint density at radius 2 is 2.06 bits per heavy atom. The molecule has 3 rings (SSSR count). The Balaban J connectivity index is 1.85. The standard InChI is InChI=1S/C22H26N4O4S2/c1-14(2)13-23-19-15(20(29)25-10-7-5-8-17(25)24-19)12-16-21(30)26(22(31)32-16)11-6-3-4-9-18(27)28/h5,7-8,10,12,14,23H,3-4,6,9,11,13H2,1-2H3,(H,27,28)/b16-12+. The Bertz CT molecular complexity index is 1130. The highest BCUT2D eigenvalue weighted by Crippen LogP contribution is 2.33. The molecular weight excluding hydrogens is 448 g/mol. The molecule has 1 saturated heterocycles. The van der Waals surface area contributed by atoms with Crippen molar-refractivity contribution in [1.82, 2.24) is 14.3 Å². The number of unbranched alkanes of at least 4 members (excludes halogenated alkanes) is 2. The van der Waals surface area contributed by atoms with Crippen LogP contribution in [0.2, 0.25) is 0 Å². The van der Waals surface area contributed by atoms with Gasteiger partial charge in [-0.05, 0) is 37.0 Å². The third kappa shape index (κ3) is 5.74. The minimum Gasteiger partial charge on any atom is -0.481 e. The lowest BCUT2D eigenvalue weighted by atomic mass is 10.2. The first kappa shape index (κ1) is 23.9. The highest BCUT2D eigenvalue weighted by Gasteiger charge is 2.32. The summed E-state index contributed by atoms with van der Waals surface area (Å²) in [5.41, 5.74) is 0.576. The number of thioether (sulfide) groups is 1. The Hall–Kier alpha value is -2.72. The van der Waals surface area contributed by atoms with Crippen LogP contribution in [0.3, 0.4) is 0 Å². The lowest BCUT2D eigenvalue weighted by Crippen LogP contribution is -2.29. The average molecular weight is 475 g/mol. The van der Waals surface area contributed by atoms with Gasteiger partial charge in [-0.2, -0.15) is 0 Å². The van der Waals surface area contributed by atoms with Crippen LogP contribution >= 0.6 is 24.0 Å². The van der Waals surface area contributed by atoms with E-state index in [0.717, 1.165) is 11.8 Å². The van der Waals surface area contributed by atoms with E-state index in [1.807, 2.05) is 6.07 Å². The van der Waals surface area contributed by atoms with Crippen molar-refractivity contribution in [3.63, 3.8) is 0 Å². The zero-order chi connectivity index (χ0) is 23.3. The number of hydrogen-bond donors (Lipinski definition) is 2. The molecule has 1 aliphatic heterocycles. The molecule has 1 amide bonds. The number of hydrogen-bond acceptors (Lipinski definition) is 7. The molecule has 170 valence electrons. The maximum absolute atomic E-state index is 13.2. The molecular formula is C22H26N4O4S2. The Labute approximate surface area is 195 Å². The lowest BCUT2D eigenvalue weighted by Gasteiger charge is -2.14. The molecule has 2 aromatic rings. The molecule has 0 radical (unpaired) electrons. The summed E-state index contributed by atoms with van der Waals surface area (Å²) < 4.78 is 1.89. The summed E-state index contributed by atoms with van der Waals surface area (Å²) in [6.45, 7) is 5.17. The molecule has 32 heavy (non-hydrogen) atoms. The molecule has 0 saturated carbocycles. The van der Waals surface area contributed by atoms with Gasteiger partial charge in [-0.25, -0.2) is 4.98 Å². The summed E-state index contributed by atoms with van der Waals surface area (Å²) in [7, 11) is 0. The van der Waals surface area contributed by atoms with Gasteiger partial charge in [0.1, 0.15) is 15.8 Å². The Morgan fingerprint density at radius 1 is 1.28 bits per heavy atom. The average Bonchev–Trinajstić information content (AvgIpc) is 3.01. The molecule has 0 atom stereocenters. The van der Waals surface area contributed by atoms with Gasteiger partial charge in [0.25, 0.3) is 11.5 Å². The summed E-state index contributed by atoms with van der Waals surface area (Å²) >= 11 is 6.54. The molecule has 2 N–H and O–H groups in total. The van der Waals surface area contributed by atoms with E-state index in [0.29, 0.717) is 64.5 Å². The van der Waals surface area contributed by atoms with Gasteiger partial charge < -0.3 is 10.4 Å². The summed E-state index contributed by atoms with van der Waals surface area (Å²) in [5.74, 6) is -0.284. The summed E-state index contributed by atoms with van der Waals surface area (Å²) in [6.07, 6.45) is 5.25. The van der Waals surface area contributed by atoms with Crippen molar-refractivity contribution in [3.8, 4) is 0 Å². The van der Waals surface area contributed by atoms with Crippen LogP contribution in [0.5, 0.6) is 0 Å². The van der Waals surface area contributed by atoms with Crippen molar-refractivity contribution < 1.29 is 14.7 Å². The van der Waals surface area contributed by atoms with E-state index in [9.17, 15) is 14.4 Å². The molecule has 0 aliphatic carbocycles. The largest absolute Gasteiger partial charge is 0.481 e. The van der Waals surface area contributed by atoms with Crippen LogP contribution in [0.25, 0.3) is 11.7 Å². The Kier molecular flexibility index (Phi) is 8.03. The number of thiocarbonyl (C=S) groups is 1. The van der Waals surface area contributed by atoms with Crippen LogP contribution in [-0.2, 0) is 9.59 Å². The third-order valence-corrected chi connectivity index (χ3v) is 6.25. The van der Waals surface area contributed by atoms with Gasteiger partial charge in [0.05, 0.1) is 10.5 Å². The second kappa shape index (κ2) is 10.7. The fraction of sp³-hybridized carbons (Fsp3) is 0.409. The minimum atomic E-state index is -0.823. The molecule has 3 heterocycles. The second-order valence-electron chi connectivity index (χ2n) is 7.92. The monoisotopic (exact) mass is 474 g/mol. The summed E-state index contributed by atoms with van der Waals surface area (Å²) in [4.78, 5) is 43.2. The number of pyridine rings is 1. The van der Waals surface area contributed by atoms with Gasteiger partial charge in [0.15, 0.2) is 0 Å². The predicted octanol–water partition coefficient (Wildman–Crippen LogP) is 3.61. The quantitative estimate of drug-likeness (QED) is 0.306. The van der Waals surface area contributed by atoms with Crippen LogP contribution in [0.4, 0.5) is 5.82 Å². The number of nitrogens with one attached hydrogen (secondary N) is 1. The highest BCUT2D eigenvalue weighted by atomic mass is 32.2. The van der Waals surface area contributed by atoms with Crippen molar-refractivity contribution in [3.05, 3.63) is 45.2 Å². The van der Waals surface area contributed by atoms with Crippen LogP contribution in [0.15, 0.2) is 34.1 Å². The minimum absolute atomic E-state index is 0.114. The van der Waals surface area contributed by atoms with E-state index in [1.54, 1.807) is 24.4 Å². The van der Waals surface area contributed by atoms with Gasteiger partial charge >= 0.3 is 5.97 Å². The predicted molar refractivity (Wildman–Crippen MR) is 131 cm³/mol. The first-order valence-electron chi connectivity index (χ1n) is 10.5. The van der Waals surface area contributed by atoms with Crippen molar-refractivity contribution in [1.29, 1.82) is 0 Å². The second-order valence-corrected chi connectivity index (χ2v) is 9.60. The fourth-order valence-electron chi connectivity index (χ4n) is 3.22. The number of amides is 1. The molecule has 0 bridgehead atoms. The molecule has 0 unspecified atom stereocenters. The zero-order valence-corrected chi connectivity index (χ0v) is 19.7. The van der Waals surface area contributed by atoms with E-state index in [-0.39, 0.29) is 17.9 Å². The lowest BCUT2D eigenvalue weighted by molar-refractivity contribution is -0.137. The molecule has 0 spiro atoms. The topological polar surface area (TPSA) is 104 Å². The zero-order valence-electron chi connectivity index (χ0n) is 18.0. The fourth-order valence-corrected chi connectivity index (χ4v) is 4.51. The number of carboxylic acids is 1. The molecule has 8 nitrogen and oxygen atoms in total. The van der Waals surface area contributed by atoms with Crippen LogP contribution in [-0.4, -0.2) is 48.7 Å². The maximum Gasteiger partial charge on any atom is 0.303 e. The van der Waals surface area contributed by atoms with Crippen LogP contribution < -0.4 is 10.9 Å². The van der Waals surface area contributed by atoms with Gasteiger partial charge in [-0.3, -0.25) is 23.7 Å². The van der Waals surface area contributed by atoms with E-state index < -0.39 is 5.97 Å². The van der Waals surface area contributed by atoms with Crippen LogP contribution in [0, 0.1) is 5.92 Å². The SMILES string of the molecule is CC(C)CNc1nc2ccccn2c(=O)c1/C=C1/SC(=S)N(CCCCCC(=O)O)C1=O. The van der Waals surface area contributed by atoms with Gasteiger partial charge in [0.2, 0.25) is 0 Å². The Morgan fingerprint density at radius 3 is 2.78 bits per heavy atom. The summed E-state index contributed by atoms with van der Waals surface area (Å²) in [6, 6.07) is 5.33. The number of carbonyl (C=O) groups is 2. The third-order valence-electron chi connectivity index (χ3n) is 4.87. The number of anilines is 1. The number of aliphatic carboxylic acids is 1. The molecule has 0 aromatic carbocycles. The van der Waals surface area contributed by atoms with Crippen molar-refractivity contribution >= 4 is 57.7 Å². The van der Waals surface area contributed by atoms with E-state index in [1.165, 1.54) is 9.30 Å². The number of carbonyl (C=O) groups excluding carboxylic acids is 1. The van der Waals surface area contributed by atoms with E-state index in [2.05, 4.69) is 24.1 Å². The van der Waals surface area contributed by atoms with Crippen molar-refractivity contribution in [2.75, 3.05) is 18.4 Å².